The van der Waals surface area contributed by atoms with Crippen LogP contribution in [0.2, 0.25) is 0 Å². The maximum absolute atomic E-state index is 10.1. The van der Waals surface area contributed by atoms with E-state index in [9.17, 15) is 4.79 Å². The second kappa shape index (κ2) is 14.7. The minimum absolute atomic E-state index is 0.167. The third kappa shape index (κ3) is 26.3. The number of esters is 1. The number of aliphatic hydroxyl groups excluding tert-OH is 1. The molecule has 0 fully saturated rings. The highest BCUT2D eigenvalue weighted by atomic mass is 16.5. The average Bonchev–Trinajstić information content (AvgIpc) is 2.30. The van der Waals surface area contributed by atoms with Crippen molar-refractivity contribution in [2.75, 3.05) is 6.61 Å². The van der Waals surface area contributed by atoms with Crippen LogP contribution in [0.5, 0.6) is 0 Å². The van der Waals surface area contributed by atoms with Crippen LogP contribution in [0, 0.1) is 6.92 Å². The molecule has 0 unspecified atom stereocenters. The monoisotopic (exact) mass is 268 g/mol. The Morgan fingerprint density at radius 3 is 2.00 bits per heavy atom. The molecule has 0 radical (unpaired) electrons. The summed E-state index contributed by atoms with van der Waals surface area (Å²) in [5, 5.41) is 8.06. The fourth-order valence-corrected chi connectivity index (χ4v) is 0.895. The molecule has 0 aliphatic rings. The Morgan fingerprint density at radius 2 is 1.74 bits per heavy atom. The molecule has 1 rings (SSSR count). The Morgan fingerprint density at radius 1 is 1.26 bits per heavy atom. The van der Waals surface area contributed by atoms with E-state index in [4.69, 9.17) is 5.11 Å². The normalized spacial score (nSPS) is 8.79. The van der Waals surface area contributed by atoms with Gasteiger partial charge in [0.25, 0.3) is 0 Å². The molecular weight excluding hydrogens is 240 g/mol. The molecule has 0 amide bonds. The van der Waals surface area contributed by atoms with Crippen molar-refractivity contribution in [3.63, 3.8) is 0 Å². The van der Waals surface area contributed by atoms with Crippen molar-refractivity contribution >= 4 is 5.97 Å². The van der Waals surface area contributed by atoms with Crippen LogP contribution in [-0.2, 0) is 9.53 Å². The average molecular weight is 268 g/mol. The van der Waals surface area contributed by atoms with Gasteiger partial charge in [0.1, 0.15) is 0 Å². The van der Waals surface area contributed by atoms with E-state index in [1.807, 2.05) is 18.2 Å². The summed E-state index contributed by atoms with van der Waals surface area (Å²) in [6.07, 6.45) is 1.88. The summed E-state index contributed by atoms with van der Waals surface area (Å²) < 4.78 is 4.64. The summed E-state index contributed by atoms with van der Waals surface area (Å²) in [5.41, 5.74) is 1.32. The van der Waals surface area contributed by atoms with Gasteiger partial charge in [-0.2, -0.15) is 0 Å². The van der Waals surface area contributed by atoms with Gasteiger partial charge in [-0.3, -0.25) is 4.79 Å². The first-order valence-electron chi connectivity index (χ1n) is 6.73. The summed E-state index contributed by atoms with van der Waals surface area (Å²) in [4.78, 5) is 10.1. The van der Waals surface area contributed by atoms with E-state index in [-0.39, 0.29) is 12.1 Å². The van der Waals surface area contributed by atoms with Crippen LogP contribution < -0.4 is 0 Å². The SMILES string of the molecule is CC(C)O.CCCCOC(C)=O.Cc1ccccc1. The van der Waals surface area contributed by atoms with Crippen molar-refractivity contribution in [1.82, 2.24) is 0 Å². The number of ether oxygens (including phenoxy) is 1. The number of hydrogen-bond acceptors (Lipinski definition) is 3. The smallest absolute Gasteiger partial charge is 0.302 e. The molecule has 0 aliphatic carbocycles. The van der Waals surface area contributed by atoms with Crippen LogP contribution in [0.3, 0.4) is 0 Å². The third-order valence-electron chi connectivity index (χ3n) is 1.74. The largest absolute Gasteiger partial charge is 0.466 e. The van der Waals surface area contributed by atoms with Crippen molar-refractivity contribution in [2.45, 2.75) is 53.6 Å². The molecule has 110 valence electrons. The Bertz CT molecular complexity index is 291. The van der Waals surface area contributed by atoms with Gasteiger partial charge in [0.2, 0.25) is 0 Å². The van der Waals surface area contributed by atoms with Gasteiger partial charge in [0.05, 0.1) is 6.61 Å². The number of carbonyl (C=O) groups is 1. The lowest BCUT2D eigenvalue weighted by Crippen LogP contribution is -1.99. The molecule has 0 saturated carbocycles. The summed E-state index contributed by atoms with van der Waals surface area (Å²) in [5.74, 6) is -0.182. The first-order valence-corrected chi connectivity index (χ1v) is 6.73. The molecule has 1 N–H and O–H groups in total. The Kier molecular flexibility index (Phi) is 15.5. The Balaban J connectivity index is 0. The molecule has 0 bridgehead atoms. The van der Waals surface area contributed by atoms with Crippen molar-refractivity contribution in [1.29, 1.82) is 0 Å². The first-order chi connectivity index (χ1) is 8.90. The molecular formula is C16H28O3. The minimum atomic E-state index is -0.182. The molecule has 0 aromatic heterocycles. The highest BCUT2D eigenvalue weighted by Gasteiger charge is 1.88. The lowest BCUT2D eigenvalue weighted by Gasteiger charge is -1.96. The molecule has 1 aromatic rings. The zero-order valence-electron chi connectivity index (χ0n) is 12.8. The van der Waals surface area contributed by atoms with Crippen molar-refractivity contribution in [2.24, 2.45) is 0 Å². The number of unbranched alkanes of at least 4 members (excludes halogenated alkanes) is 1. The van der Waals surface area contributed by atoms with E-state index in [2.05, 4.69) is 30.7 Å². The summed E-state index contributed by atoms with van der Waals surface area (Å²) in [7, 11) is 0. The molecule has 0 saturated heterocycles. The number of carbonyl (C=O) groups excluding carboxylic acids is 1. The second-order valence-electron chi connectivity index (χ2n) is 4.44. The van der Waals surface area contributed by atoms with Gasteiger partial charge in [0, 0.05) is 13.0 Å². The van der Waals surface area contributed by atoms with E-state index in [0.717, 1.165) is 12.8 Å². The second-order valence-corrected chi connectivity index (χ2v) is 4.44. The van der Waals surface area contributed by atoms with Crippen LogP contribution in [0.1, 0.15) is 46.1 Å². The summed E-state index contributed by atoms with van der Waals surface area (Å²) in [6.45, 7) is 9.59. The van der Waals surface area contributed by atoms with Gasteiger partial charge in [0.15, 0.2) is 0 Å². The Hall–Kier alpha value is -1.35. The fourth-order valence-electron chi connectivity index (χ4n) is 0.895. The first kappa shape index (κ1) is 20.0. The van der Waals surface area contributed by atoms with Gasteiger partial charge in [-0.05, 0) is 27.2 Å². The third-order valence-corrected chi connectivity index (χ3v) is 1.74. The van der Waals surface area contributed by atoms with E-state index in [0.29, 0.717) is 6.61 Å². The lowest BCUT2D eigenvalue weighted by atomic mass is 10.2. The zero-order valence-corrected chi connectivity index (χ0v) is 12.8. The van der Waals surface area contributed by atoms with Crippen LogP contribution >= 0.6 is 0 Å². The molecule has 3 heteroatoms. The molecule has 1 aromatic carbocycles. The van der Waals surface area contributed by atoms with Gasteiger partial charge < -0.3 is 9.84 Å². The molecule has 0 heterocycles. The van der Waals surface area contributed by atoms with E-state index in [1.54, 1.807) is 13.8 Å². The molecule has 0 aliphatic heterocycles. The lowest BCUT2D eigenvalue weighted by molar-refractivity contribution is -0.141. The summed E-state index contributed by atoms with van der Waals surface area (Å²) >= 11 is 0. The van der Waals surface area contributed by atoms with Crippen LogP contribution in [-0.4, -0.2) is 23.8 Å². The quantitative estimate of drug-likeness (QED) is 0.671. The van der Waals surface area contributed by atoms with Crippen molar-refractivity contribution in [3.8, 4) is 0 Å². The predicted octanol–water partition coefficient (Wildman–Crippen LogP) is 3.73. The number of aryl methyl sites for hydroxylation is 1. The number of aliphatic hydroxyl groups is 1. The number of benzene rings is 1. The van der Waals surface area contributed by atoms with Crippen LogP contribution in [0.4, 0.5) is 0 Å². The zero-order chi connectivity index (χ0) is 15.1. The van der Waals surface area contributed by atoms with Gasteiger partial charge >= 0.3 is 5.97 Å². The molecule has 0 atom stereocenters. The number of rotatable bonds is 3. The topological polar surface area (TPSA) is 46.5 Å². The minimum Gasteiger partial charge on any atom is -0.466 e. The highest BCUT2D eigenvalue weighted by Crippen LogP contribution is 1.92. The molecule has 19 heavy (non-hydrogen) atoms. The van der Waals surface area contributed by atoms with Crippen LogP contribution in [0.25, 0.3) is 0 Å². The molecule has 0 spiro atoms. The van der Waals surface area contributed by atoms with E-state index < -0.39 is 0 Å². The maximum atomic E-state index is 10.1. The van der Waals surface area contributed by atoms with Gasteiger partial charge in [-0.15, -0.1) is 0 Å². The van der Waals surface area contributed by atoms with Gasteiger partial charge in [-0.1, -0.05) is 49.2 Å². The fraction of sp³-hybridized carbons (Fsp3) is 0.562. The Labute approximate surface area is 117 Å². The van der Waals surface area contributed by atoms with E-state index >= 15 is 0 Å². The molecule has 3 nitrogen and oxygen atoms in total. The van der Waals surface area contributed by atoms with Crippen molar-refractivity contribution in [3.05, 3.63) is 35.9 Å². The van der Waals surface area contributed by atoms with E-state index in [1.165, 1.54) is 12.5 Å². The van der Waals surface area contributed by atoms with Crippen molar-refractivity contribution < 1.29 is 14.6 Å². The van der Waals surface area contributed by atoms with Gasteiger partial charge in [-0.25, -0.2) is 0 Å². The predicted molar refractivity (Wildman–Crippen MR) is 80.1 cm³/mol. The highest BCUT2D eigenvalue weighted by molar-refractivity contribution is 5.65. The van der Waals surface area contributed by atoms with Crippen LogP contribution in [0.15, 0.2) is 30.3 Å². The maximum Gasteiger partial charge on any atom is 0.302 e. The number of hydrogen-bond donors (Lipinski definition) is 1. The summed E-state index contributed by atoms with van der Waals surface area (Å²) in [6, 6.07) is 10.3. The standard InChI is InChI=1S/C7H8.C6H12O2.C3H8O/c1-7-5-3-2-4-6-7;1-3-4-5-8-6(2)7;1-3(2)4/h2-6H,1H3;3-5H2,1-2H3;3-4H,1-2H3.